The lowest BCUT2D eigenvalue weighted by Gasteiger charge is -2.12. The smallest absolute Gasteiger partial charge is 0.319 e. The summed E-state index contributed by atoms with van der Waals surface area (Å²) in [5, 5.41) is 22.8. The van der Waals surface area contributed by atoms with Crippen molar-refractivity contribution in [3.63, 3.8) is 0 Å². The van der Waals surface area contributed by atoms with Crippen molar-refractivity contribution >= 4 is 23.3 Å². The first-order chi connectivity index (χ1) is 8.06. The van der Waals surface area contributed by atoms with Gasteiger partial charge in [0.25, 0.3) is 0 Å². The van der Waals surface area contributed by atoms with Crippen molar-refractivity contribution in [2.24, 2.45) is 0 Å². The van der Waals surface area contributed by atoms with E-state index in [2.05, 4.69) is 10.6 Å². The zero-order valence-corrected chi connectivity index (χ0v) is 9.95. The summed E-state index contributed by atoms with van der Waals surface area (Å²) < 4.78 is 0. The average Bonchev–Trinajstić information content (AvgIpc) is 2.29. The summed E-state index contributed by atoms with van der Waals surface area (Å²) in [6.07, 6.45) is 0. The quantitative estimate of drug-likeness (QED) is 0.767. The topological polar surface area (TPSA) is 85.2 Å². The van der Waals surface area contributed by atoms with Gasteiger partial charge in [-0.25, -0.2) is 4.79 Å². The summed E-state index contributed by atoms with van der Waals surface area (Å²) in [5.74, 6) is 0. The van der Waals surface area contributed by atoms with Crippen molar-refractivity contribution in [3.05, 3.63) is 28.8 Å². The van der Waals surface area contributed by atoms with E-state index in [1.54, 1.807) is 13.0 Å². The number of rotatable bonds is 3. The number of aliphatic hydroxyl groups is 1. The molecule has 3 N–H and O–H groups in total. The van der Waals surface area contributed by atoms with Crippen molar-refractivity contribution in [3.8, 4) is 6.07 Å². The van der Waals surface area contributed by atoms with Gasteiger partial charge in [-0.1, -0.05) is 11.6 Å². The molecule has 1 aromatic rings. The minimum atomic E-state index is -0.438. The molecule has 0 saturated carbocycles. The van der Waals surface area contributed by atoms with E-state index < -0.39 is 6.03 Å². The van der Waals surface area contributed by atoms with Crippen molar-refractivity contribution in [2.45, 2.75) is 13.0 Å². The first-order valence-corrected chi connectivity index (χ1v) is 5.32. The predicted molar refractivity (Wildman–Crippen MR) is 64.9 cm³/mol. The molecule has 0 aliphatic heterocycles. The van der Waals surface area contributed by atoms with Gasteiger partial charge in [-0.3, -0.25) is 0 Å². The van der Waals surface area contributed by atoms with Gasteiger partial charge in [-0.2, -0.15) is 5.26 Å². The molecule has 0 radical (unpaired) electrons. The molecule has 0 heterocycles. The number of amides is 2. The van der Waals surface area contributed by atoms with Crippen molar-refractivity contribution < 1.29 is 9.90 Å². The number of nitrogens with zero attached hydrogens (tertiary/aromatic N) is 1. The van der Waals surface area contributed by atoms with Gasteiger partial charge in [0.1, 0.15) is 6.07 Å². The van der Waals surface area contributed by atoms with Crippen LogP contribution in [0.1, 0.15) is 12.5 Å². The Kier molecular flexibility index (Phi) is 4.76. The van der Waals surface area contributed by atoms with Gasteiger partial charge in [-0.15, -0.1) is 0 Å². The SMILES string of the molecule is C[C@@H](CO)NC(=O)Nc1ccc(C#N)c(Cl)c1. The van der Waals surface area contributed by atoms with Gasteiger partial charge in [0.15, 0.2) is 0 Å². The molecular formula is C11H12ClN3O2. The van der Waals surface area contributed by atoms with Crippen LogP contribution in [0.2, 0.25) is 5.02 Å². The van der Waals surface area contributed by atoms with Crippen LogP contribution in [-0.4, -0.2) is 23.8 Å². The van der Waals surface area contributed by atoms with Crippen LogP contribution in [0.25, 0.3) is 0 Å². The molecule has 0 aliphatic rings. The molecular weight excluding hydrogens is 242 g/mol. The number of urea groups is 1. The Morgan fingerprint density at radius 3 is 2.88 bits per heavy atom. The Balaban J connectivity index is 2.67. The highest BCUT2D eigenvalue weighted by molar-refractivity contribution is 6.32. The number of nitrogens with one attached hydrogen (secondary N) is 2. The number of hydrogen-bond acceptors (Lipinski definition) is 3. The normalized spacial score (nSPS) is 11.4. The van der Waals surface area contributed by atoms with Crippen LogP contribution in [0.5, 0.6) is 0 Å². The molecule has 1 rings (SSSR count). The van der Waals surface area contributed by atoms with Gasteiger partial charge in [0.2, 0.25) is 0 Å². The van der Waals surface area contributed by atoms with E-state index in [-0.39, 0.29) is 17.7 Å². The molecule has 0 spiro atoms. The zero-order valence-electron chi connectivity index (χ0n) is 9.20. The molecule has 2 amide bonds. The second-order valence-corrected chi connectivity index (χ2v) is 3.90. The van der Waals surface area contributed by atoms with Crippen molar-refractivity contribution in [1.29, 1.82) is 5.26 Å². The Bertz CT molecular complexity index is 457. The Labute approximate surface area is 104 Å². The minimum absolute atomic E-state index is 0.137. The Morgan fingerprint density at radius 1 is 1.65 bits per heavy atom. The van der Waals surface area contributed by atoms with Crippen LogP contribution in [0.3, 0.4) is 0 Å². The summed E-state index contributed by atoms with van der Waals surface area (Å²) in [5.41, 5.74) is 0.831. The largest absolute Gasteiger partial charge is 0.394 e. The lowest BCUT2D eigenvalue weighted by Crippen LogP contribution is -2.38. The van der Waals surface area contributed by atoms with Gasteiger partial charge in [-0.05, 0) is 25.1 Å². The van der Waals surface area contributed by atoms with Crippen LogP contribution in [0, 0.1) is 11.3 Å². The lowest BCUT2D eigenvalue weighted by atomic mass is 10.2. The van der Waals surface area contributed by atoms with E-state index in [1.807, 2.05) is 6.07 Å². The number of nitriles is 1. The van der Waals surface area contributed by atoms with Crippen LogP contribution in [0.15, 0.2) is 18.2 Å². The monoisotopic (exact) mass is 253 g/mol. The van der Waals surface area contributed by atoms with E-state index >= 15 is 0 Å². The third kappa shape index (κ3) is 3.94. The summed E-state index contributed by atoms with van der Waals surface area (Å²) in [6, 6.07) is 5.74. The van der Waals surface area contributed by atoms with Crippen LogP contribution < -0.4 is 10.6 Å². The van der Waals surface area contributed by atoms with Crippen LogP contribution in [-0.2, 0) is 0 Å². The molecule has 6 heteroatoms. The first kappa shape index (κ1) is 13.3. The number of halogens is 1. The van der Waals surface area contributed by atoms with Gasteiger partial charge in [0.05, 0.1) is 23.2 Å². The molecule has 0 unspecified atom stereocenters. The molecule has 5 nitrogen and oxygen atoms in total. The van der Waals surface area contributed by atoms with Crippen LogP contribution >= 0.6 is 11.6 Å². The molecule has 0 saturated heterocycles. The molecule has 0 aliphatic carbocycles. The number of aliphatic hydroxyl groups excluding tert-OH is 1. The van der Waals surface area contributed by atoms with E-state index in [1.165, 1.54) is 12.1 Å². The lowest BCUT2D eigenvalue weighted by molar-refractivity contribution is 0.229. The second kappa shape index (κ2) is 6.09. The maximum Gasteiger partial charge on any atom is 0.319 e. The minimum Gasteiger partial charge on any atom is -0.394 e. The number of benzene rings is 1. The highest BCUT2D eigenvalue weighted by Gasteiger charge is 2.07. The first-order valence-electron chi connectivity index (χ1n) is 4.95. The number of carbonyl (C=O) groups is 1. The molecule has 0 bridgehead atoms. The van der Waals surface area contributed by atoms with Crippen molar-refractivity contribution in [1.82, 2.24) is 5.32 Å². The fraction of sp³-hybridized carbons (Fsp3) is 0.273. The van der Waals surface area contributed by atoms with E-state index in [0.29, 0.717) is 11.3 Å². The van der Waals surface area contributed by atoms with E-state index in [0.717, 1.165) is 0 Å². The van der Waals surface area contributed by atoms with Gasteiger partial charge < -0.3 is 15.7 Å². The molecule has 90 valence electrons. The molecule has 1 aromatic carbocycles. The maximum atomic E-state index is 11.4. The highest BCUT2D eigenvalue weighted by Crippen LogP contribution is 2.19. The number of hydrogen-bond donors (Lipinski definition) is 3. The summed E-state index contributed by atoms with van der Waals surface area (Å²) in [4.78, 5) is 11.4. The molecule has 0 fully saturated rings. The Morgan fingerprint density at radius 2 is 2.35 bits per heavy atom. The summed E-state index contributed by atoms with van der Waals surface area (Å²) >= 11 is 5.81. The van der Waals surface area contributed by atoms with E-state index in [4.69, 9.17) is 22.0 Å². The fourth-order valence-corrected chi connectivity index (χ4v) is 1.34. The van der Waals surface area contributed by atoms with Gasteiger partial charge >= 0.3 is 6.03 Å². The summed E-state index contributed by atoms with van der Waals surface area (Å²) in [6.45, 7) is 1.53. The second-order valence-electron chi connectivity index (χ2n) is 3.49. The number of carbonyl (C=O) groups excluding carboxylic acids is 1. The Hall–Kier alpha value is -1.77. The highest BCUT2D eigenvalue weighted by atomic mass is 35.5. The molecule has 0 aromatic heterocycles. The molecule has 1 atom stereocenters. The third-order valence-electron chi connectivity index (χ3n) is 2.00. The third-order valence-corrected chi connectivity index (χ3v) is 2.31. The summed E-state index contributed by atoms with van der Waals surface area (Å²) in [7, 11) is 0. The van der Waals surface area contributed by atoms with E-state index in [9.17, 15) is 4.79 Å². The predicted octanol–water partition coefficient (Wildman–Crippen LogP) is 1.71. The standard InChI is InChI=1S/C11H12ClN3O2/c1-7(6-16)14-11(17)15-9-3-2-8(5-13)10(12)4-9/h2-4,7,16H,6H2,1H3,(H2,14,15,17)/t7-/m0/s1. The van der Waals surface area contributed by atoms with Crippen molar-refractivity contribution in [2.75, 3.05) is 11.9 Å². The molecule has 17 heavy (non-hydrogen) atoms. The fourth-order valence-electron chi connectivity index (χ4n) is 1.12. The zero-order chi connectivity index (χ0) is 12.8. The van der Waals surface area contributed by atoms with Crippen LogP contribution in [0.4, 0.5) is 10.5 Å². The maximum absolute atomic E-state index is 11.4. The number of anilines is 1. The average molecular weight is 254 g/mol. The van der Waals surface area contributed by atoms with Gasteiger partial charge in [0, 0.05) is 5.69 Å².